The van der Waals surface area contributed by atoms with Gasteiger partial charge in [-0.3, -0.25) is 0 Å². The number of carbonyl (C=O) groups excluding carboxylic acids is 1. The molecule has 1 fully saturated rings. The Labute approximate surface area is 122 Å². The number of carbonyl (C=O) groups is 1. The lowest BCUT2D eigenvalue weighted by molar-refractivity contribution is -0.0872. The van der Waals surface area contributed by atoms with Crippen LogP contribution in [0, 0.1) is 5.41 Å². The van der Waals surface area contributed by atoms with Crippen molar-refractivity contribution in [2.24, 2.45) is 5.41 Å². The van der Waals surface area contributed by atoms with Crippen LogP contribution >= 0.6 is 0 Å². The molecule has 0 aromatic carbocycles. The molecule has 0 radical (unpaired) electrons. The highest BCUT2D eigenvalue weighted by molar-refractivity contribution is 5.74. The summed E-state index contributed by atoms with van der Waals surface area (Å²) in [4.78, 5) is 13.9. The van der Waals surface area contributed by atoms with Crippen LogP contribution in [-0.4, -0.2) is 54.5 Å². The molecule has 1 rings (SSSR count). The van der Waals surface area contributed by atoms with E-state index in [2.05, 4.69) is 19.2 Å². The fourth-order valence-corrected chi connectivity index (χ4v) is 2.27. The fourth-order valence-electron chi connectivity index (χ4n) is 2.27. The summed E-state index contributed by atoms with van der Waals surface area (Å²) in [5, 5.41) is 12.1. The van der Waals surface area contributed by atoms with Crippen molar-refractivity contribution in [1.29, 1.82) is 0 Å². The Morgan fingerprint density at radius 2 is 2.20 bits per heavy atom. The molecular weight excluding hydrogens is 256 g/mol. The minimum Gasteiger partial charge on any atom is -0.396 e. The molecule has 2 N–H and O–H groups in total. The predicted molar refractivity (Wildman–Crippen MR) is 79.7 cm³/mol. The minimum absolute atomic E-state index is 0.00483. The lowest BCUT2D eigenvalue weighted by atomic mass is 9.89. The normalized spacial score (nSPS) is 23.8. The smallest absolute Gasteiger partial charge is 0.317 e. The number of hydrogen-bond acceptors (Lipinski definition) is 3. The van der Waals surface area contributed by atoms with Gasteiger partial charge in [0.15, 0.2) is 0 Å². The van der Waals surface area contributed by atoms with E-state index < -0.39 is 0 Å². The summed E-state index contributed by atoms with van der Waals surface area (Å²) < 4.78 is 5.73. The number of ether oxygens (including phenoxy) is 1. The van der Waals surface area contributed by atoms with Crippen molar-refractivity contribution < 1.29 is 14.6 Å². The van der Waals surface area contributed by atoms with E-state index in [0.717, 1.165) is 19.3 Å². The van der Waals surface area contributed by atoms with Crippen LogP contribution in [0.25, 0.3) is 0 Å². The van der Waals surface area contributed by atoms with Gasteiger partial charge in [0, 0.05) is 19.7 Å². The molecule has 1 heterocycles. The summed E-state index contributed by atoms with van der Waals surface area (Å²) >= 11 is 0. The van der Waals surface area contributed by atoms with Crippen LogP contribution in [-0.2, 0) is 4.74 Å². The van der Waals surface area contributed by atoms with E-state index in [1.54, 1.807) is 0 Å². The van der Waals surface area contributed by atoms with E-state index in [1.807, 2.05) is 18.7 Å². The Bertz CT molecular complexity index is 320. The SMILES string of the molecule is CC[C@]1(C)CN(C(=O)NCCCC(C)(C)CO)CCO1. The quantitative estimate of drug-likeness (QED) is 0.734. The lowest BCUT2D eigenvalue weighted by Gasteiger charge is -2.40. The van der Waals surface area contributed by atoms with E-state index in [1.165, 1.54) is 0 Å². The van der Waals surface area contributed by atoms with E-state index in [0.29, 0.717) is 26.2 Å². The number of nitrogens with zero attached hydrogens (tertiary/aromatic N) is 1. The molecule has 0 aromatic rings. The molecule has 5 heteroatoms. The van der Waals surface area contributed by atoms with Crippen LogP contribution in [0.2, 0.25) is 0 Å². The maximum Gasteiger partial charge on any atom is 0.317 e. The van der Waals surface area contributed by atoms with Gasteiger partial charge in [-0.05, 0) is 31.6 Å². The first kappa shape index (κ1) is 17.2. The summed E-state index contributed by atoms with van der Waals surface area (Å²) in [5.74, 6) is 0. The second-order valence-electron chi connectivity index (χ2n) is 6.73. The van der Waals surface area contributed by atoms with Crippen molar-refractivity contribution in [1.82, 2.24) is 10.2 Å². The predicted octanol–water partition coefficient (Wildman–Crippen LogP) is 2.00. The van der Waals surface area contributed by atoms with Crippen LogP contribution in [0.1, 0.15) is 47.0 Å². The molecule has 118 valence electrons. The molecule has 0 spiro atoms. The first-order valence-corrected chi connectivity index (χ1v) is 7.59. The van der Waals surface area contributed by atoms with E-state index in [-0.39, 0.29) is 23.7 Å². The van der Waals surface area contributed by atoms with E-state index in [9.17, 15) is 9.90 Å². The molecule has 1 aliphatic rings. The Balaban J connectivity index is 2.29. The number of rotatable bonds is 6. The van der Waals surface area contributed by atoms with Crippen LogP contribution in [0.5, 0.6) is 0 Å². The molecule has 1 atom stereocenters. The standard InChI is InChI=1S/C15H30N2O3/c1-5-15(4)11-17(9-10-20-15)13(19)16-8-6-7-14(2,3)12-18/h18H,5-12H2,1-4H3,(H,16,19)/t15-/m1/s1. The largest absolute Gasteiger partial charge is 0.396 e. The van der Waals surface area contributed by atoms with Crippen LogP contribution in [0.3, 0.4) is 0 Å². The fraction of sp³-hybridized carbons (Fsp3) is 0.933. The highest BCUT2D eigenvalue weighted by Crippen LogP contribution is 2.22. The maximum absolute atomic E-state index is 12.1. The lowest BCUT2D eigenvalue weighted by Crippen LogP contribution is -2.54. The van der Waals surface area contributed by atoms with Crippen LogP contribution in [0.4, 0.5) is 4.79 Å². The van der Waals surface area contributed by atoms with Gasteiger partial charge in [-0.25, -0.2) is 4.79 Å². The Hall–Kier alpha value is -0.810. The summed E-state index contributed by atoms with van der Waals surface area (Å²) in [5.41, 5.74) is -0.279. The van der Waals surface area contributed by atoms with Crippen molar-refractivity contribution in [2.45, 2.75) is 52.6 Å². The molecule has 0 bridgehead atoms. The van der Waals surface area contributed by atoms with Crippen molar-refractivity contribution >= 4 is 6.03 Å². The minimum atomic E-state index is -0.214. The number of nitrogens with one attached hydrogen (secondary N) is 1. The topological polar surface area (TPSA) is 61.8 Å². The van der Waals surface area contributed by atoms with Gasteiger partial charge < -0.3 is 20.1 Å². The van der Waals surface area contributed by atoms with Crippen molar-refractivity contribution in [2.75, 3.05) is 32.8 Å². The van der Waals surface area contributed by atoms with Crippen molar-refractivity contribution in [3.8, 4) is 0 Å². The number of aliphatic hydroxyl groups excluding tert-OH is 1. The Morgan fingerprint density at radius 3 is 2.80 bits per heavy atom. The van der Waals surface area contributed by atoms with Crippen LogP contribution in [0.15, 0.2) is 0 Å². The molecule has 0 aliphatic carbocycles. The van der Waals surface area contributed by atoms with Gasteiger partial charge in [-0.1, -0.05) is 20.8 Å². The highest BCUT2D eigenvalue weighted by atomic mass is 16.5. The molecule has 20 heavy (non-hydrogen) atoms. The van der Waals surface area contributed by atoms with Gasteiger partial charge in [0.1, 0.15) is 0 Å². The van der Waals surface area contributed by atoms with E-state index >= 15 is 0 Å². The first-order valence-electron chi connectivity index (χ1n) is 7.59. The molecule has 0 saturated carbocycles. The molecule has 2 amide bonds. The van der Waals surface area contributed by atoms with Gasteiger partial charge in [-0.2, -0.15) is 0 Å². The zero-order valence-electron chi connectivity index (χ0n) is 13.4. The Morgan fingerprint density at radius 1 is 1.50 bits per heavy atom. The number of amides is 2. The molecule has 1 aliphatic heterocycles. The average Bonchev–Trinajstić information content (AvgIpc) is 2.43. The monoisotopic (exact) mass is 286 g/mol. The number of aliphatic hydroxyl groups is 1. The summed E-state index contributed by atoms with van der Waals surface area (Å²) in [6.07, 6.45) is 2.69. The maximum atomic E-state index is 12.1. The van der Waals surface area contributed by atoms with Gasteiger partial charge in [-0.15, -0.1) is 0 Å². The summed E-state index contributed by atoms with van der Waals surface area (Å²) in [6, 6.07) is -0.00483. The second kappa shape index (κ2) is 7.27. The number of hydrogen-bond donors (Lipinski definition) is 2. The van der Waals surface area contributed by atoms with Crippen LogP contribution < -0.4 is 5.32 Å². The van der Waals surface area contributed by atoms with Crippen molar-refractivity contribution in [3.05, 3.63) is 0 Å². The molecule has 0 unspecified atom stereocenters. The molecule has 1 saturated heterocycles. The second-order valence-corrected chi connectivity index (χ2v) is 6.73. The third kappa shape index (κ3) is 5.29. The molecular formula is C15H30N2O3. The van der Waals surface area contributed by atoms with E-state index in [4.69, 9.17) is 4.74 Å². The van der Waals surface area contributed by atoms with Gasteiger partial charge in [0.05, 0.1) is 18.8 Å². The number of urea groups is 1. The van der Waals surface area contributed by atoms with Gasteiger partial charge >= 0.3 is 6.03 Å². The highest BCUT2D eigenvalue weighted by Gasteiger charge is 2.32. The zero-order chi connectivity index (χ0) is 15.2. The molecule has 0 aromatic heterocycles. The molecule has 5 nitrogen and oxygen atoms in total. The van der Waals surface area contributed by atoms with Gasteiger partial charge in [0.2, 0.25) is 0 Å². The first-order chi connectivity index (χ1) is 9.32. The Kier molecular flexibility index (Phi) is 6.27. The van der Waals surface area contributed by atoms with Gasteiger partial charge in [0.25, 0.3) is 0 Å². The van der Waals surface area contributed by atoms with Crippen molar-refractivity contribution in [3.63, 3.8) is 0 Å². The average molecular weight is 286 g/mol. The number of morpholine rings is 1. The summed E-state index contributed by atoms with van der Waals surface area (Å²) in [7, 11) is 0. The zero-order valence-corrected chi connectivity index (χ0v) is 13.4. The third-order valence-corrected chi connectivity index (χ3v) is 4.11. The third-order valence-electron chi connectivity index (χ3n) is 4.11. The summed E-state index contributed by atoms with van der Waals surface area (Å²) in [6.45, 7) is 10.9.